The molecular weight excluding hydrogens is 320 g/mol. The van der Waals surface area contributed by atoms with Gasteiger partial charge in [0.15, 0.2) is 6.61 Å². The zero-order valence-electron chi connectivity index (χ0n) is 12.2. The number of amides is 1. The molecule has 122 valence electrons. The maximum atomic E-state index is 11.6. The van der Waals surface area contributed by atoms with Gasteiger partial charge in [-0.2, -0.15) is 0 Å². The van der Waals surface area contributed by atoms with Gasteiger partial charge in [-0.25, -0.2) is 23.5 Å². The predicted molar refractivity (Wildman–Crippen MR) is 82.1 cm³/mol. The highest BCUT2D eigenvalue weighted by Crippen LogP contribution is 2.08. The Morgan fingerprint density at radius 3 is 2.43 bits per heavy atom. The van der Waals surface area contributed by atoms with E-state index in [1.807, 2.05) is 0 Å². The number of nitrogens with two attached hydrogens (primary N) is 1. The number of carbonyl (C=O) groups excluding carboxylic acids is 1. The summed E-state index contributed by atoms with van der Waals surface area (Å²) in [4.78, 5) is 19.3. The fraction of sp³-hybridized carbons (Fsp3) is 0.214. The molecule has 1 heterocycles. The molecule has 2 aromatic rings. The lowest BCUT2D eigenvalue weighted by molar-refractivity contribution is -0.123. The average molecular weight is 336 g/mol. The van der Waals surface area contributed by atoms with E-state index in [0.29, 0.717) is 13.0 Å². The minimum Gasteiger partial charge on any atom is -0.453 e. The second kappa shape index (κ2) is 7.65. The Bertz CT molecular complexity index is 748. The first kappa shape index (κ1) is 16.8. The van der Waals surface area contributed by atoms with Gasteiger partial charge in [0.1, 0.15) is 0 Å². The number of aromatic nitrogens is 2. The molecule has 0 aliphatic carbocycles. The summed E-state index contributed by atoms with van der Waals surface area (Å²) in [6, 6.07) is 7.96. The fourth-order valence-corrected chi connectivity index (χ4v) is 2.25. The van der Waals surface area contributed by atoms with E-state index in [-0.39, 0.29) is 23.4 Å². The van der Waals surface area contributed by atoms with Gasteiger partial charge in [0, 0.05) is 18.9 Å². The first-order valence-corrected chi connectivity index (χ1v) is 8.28. The molecule has 0 aliphatic heterocycles. The lowest BCUT2D eigenvalue weighted by Gasteiger charge is -2.06. The van der Waals surface area contributed by atoms with Crippen molar-refractivity contribution < 1.29 is 17.9 Å². The van der Waals surface area contributed by atoms with Crippen LogP contribution >= 0.6 is 0 Å². The molecule has 0 saturated carbocycles. The van der Waals surface area contributed by atoms with E-state index in [1.54, 1.807) is 18.2 Å². The number of rotatable bonds is 7. The van der Waals surface area contributed by atoms with Crippen molar-refractivity contribution in [2.24, 2.45) is 5.14 Å². The molecule has 1 aromatic carbocycles. The van der Waals surface area contributed by atoms with Crippen LogP contribution in [-0.2, 0) is 21.2 Å². The molecule has 0 unspecified atom stereocenters. The van der Waals surface area contributed by atoms with Crippen LogP contribution in [0.3, 0.4) is 0 Å². The summed E-state index contributed by atoms with van der Waals surface area (Å²) in [5.41, 5.74) is 0.880. The predicted octanol–water partition coefficient (Wildman–Crippen LogP) is -0.138. The SMILES string of the molecule is NS(=O)(=O)c1ccc(CCNC(=O)COc2ncccn2)cc1. The Balaban J connectivity index is 1.73. The molecule has 23 heavy (non-hydrogen) atoms. The van der Waals surface area contributed by atoms with Crippen LogP contribution in [0.1, 0.15) is 5.56 Å². The molecule has 0 radical (unpaired) electrons. The highest BCUT2D eigenvalue weighted by Gasteiger charge is 2.07. The summed E-state index contributed by atoms with van der Waals surface area (Å²) < 4.78 is 27.4. The minimum atomic E-state index is -3.69. The second-order valence-corrected chi connectivity index (χ2v) is 6.17. The average Bonchev–Trinajstić information content (AvgIpc) is 2.53. The van der Waals surface area contributed by atoms with Gasteiger partial charge in [-0.1, -0.05) is 12.1 Å². The van der Waals surface area contributed by atoms with Crippen molar-refractivity contribution in [1.82, 2.24) is 15.3 Å². The maximum Gasteiger partial charge on any atom is 0.316 e. The summed E-state index contributed by atoms with van der Waals surface area (Å²) in [7, 11) is -3.69. The first-order chi connectivity index (χ1) is 10.9. The molecule has 8 nitrogen and oxygen atoms in total. The first-order valence-electron chi connectivity index (χ1n) is 6.73. The number of sulfonamides is 1. The monoisotopic (exact) mass is 336 g/mol. The lowest BCUT2D eigenvalue weighted by Crippen LogP contribution is -2.30. The van der Waals surface area contributed by atoms with Crippen LogP contribution in [0.25, 0.3) is 0 Å². The number of carbonyl (C=O) groups is 1. The molecule has 1 amide bonds. The van der Waals surface area contributed by atoms with Crippen molar-refractivity contribution in [1.29, 1.82) is 0 Å². The van der Waals surface area contributed by atoms with E-state index in [9.17, 15) is 13.2 Å². The van der Waals surface area contributed by atoms with Crippen molar-refractivity contribution >= 4 is 15.9 Å². The molecule has 0 aliphatic rings. The molecule has 9 heteroatoms. The van der Waals surface area contributed by atoms with Gasteiger partial charge in [-0.3, -0.25) is 4.79 Å². The van der Waals surface area contributed by atoms with Crippen molar-refractivity contribution in [3.05, 3.63) is 48.3 Å². The van der Waals surface area contributed by atoms with Crippen LogP contribution < -0.4 is 15.2 Å². The Morgan fingerprint density at radius 2 is 1.83 bits per heavy atom. The minimum absolute atomic E-state index is 0.0570. The van der Waals surface area contributed by atoms with Gasteiger partial charge in [0.05, 0.1) is 4.90 Å². The Hall–Kier alpha value is -2.52. The Labute approximate surface area is 133 Å². The van der Waals surface area contributed by atoms with Crippen LogP contribution in [-0.4, -0.2) is 37.4 Å². The molecule has 0 bridgehead atoms. The second-order valence-electron chi connectivity index (χ2n) is 4.61. The molecule has 0 saturated heterocycles. The van der Waals surface area contributed by atoms with Crippen molar-refractivity contribution in [2.45, 2.75) is 11.3 Å². The van der Waals surface area contributed by atoms with Crippen LogP contribution in [0.5, 0.6) is 6.01 Å². The fourth-order valence-electron chi connectivity index (χ4n) is 1.73. The van der Waals surface area contributed by atoms with Crippen LogP contribution in [0.4, 0.5) is 0 Å². The topological polar surface area (TPSA) is 124 Å². The number of primary sulfonamides is 1. The number of nitrogens with zero attached hydrogens (tertiary/aromatic N) is 2. The summed E-state index contributed by atoms with van der Waals surface area (Å²) in [6.07, 6.45) is 3.59. The largest absolute Gasteiger partial charge is 0.453 e. The number of ether oxygens (including phenoxy) is 1. The summed E-state index contributed by atoms with van der Waals surface area (Å²) in [6.45, 7) is 0.223. The summed E-state index contributed by atoms with van der Waals surface area (Å²) in [5.74, 6) is -0.293. The molecule has 2 rings (SSSR count). The van der Waals surface area contributed by atoms with Gasteiger partial charge in [-0.15, -0.1) is 0 Å². The van der Waals surface area contributed by atoms with E-state index in [0.717, 1.165) is 5.56 Å². The third-order valence-electron chi connectivity index (χ3n) is 2.86. The van der Waals surface area contributed by atoms with Gasteiger partial charge < -0.3 is 10.1 Å². The maximum absolute atomic E-state index is 11.6. The molecule has 0 spiro atoms. The van der Waals surface area contributed by atoms with Crippen LogP contribution in [0, 0.1) is 0 Å². The highest BCUT2D eigenvalue weighted by molar-refractivity contribution is 7.89. The standard InChI is InChI=1S/C14H16N4O4S/c15-23(20,21)12-4-2-11(3-5-12)6-9-16-13(19)10-22-14-17-7-1-8-18-14/h1-5,7-8H,6,9-10H2,(H,16,19)(H2,15,20,21). The number of benzene rings is 1. The van der Waals surface area contributed by atoms with E-state index in [2.05, 4.69) is 15.3 Å². The van der Waals surface area contributed by atoms with E-state index in [4.69, 9.17) is 9.88 Å². The number of hydrogen-bond donors (Lipinski definition) is 2. The molecule has 0 atom stereocenters. The quantitative estimate of drug-likeness (QED) is 0.725. The third kappa shape index (κ3) is 5.64. The van der Waals surface area contributed by atoms with Gasteiger partial charge in [0.2, 0.25) is 10.0 Å². The summed E-state index contributed by atoms with van der Waals surface area (Å²) >= 11 is 0. The molecular formula is C14H16N4O4S. The number of hydrogen-bond acceptors (Lipinski definition) is 6. The molecule has 1 aromatic heterocycles. The lowest BCUT2D eigenvalue weighted by atomic mass is 10.1. The molecule has 3 N–H and O–H groups in total. The van der Waals surface area contributed by atoms with Gasteiger partial charge >= 0.3 is 6.01 Å². The normalized spacial score (nSPS) is 11.0. The van der Waals surface area contributed by atoms with Crippen molar-refractivity contribution in [3.63, 3.8) is 0 Å². The number of nitrogens with one attached hydrogen (secondary N) is 1. The van der Waals surface area contributed by atoms with E-state index in [1.165, 1.54) is 24.5 Å². The third-order valence-corrected chi connectivity index (χ3v) is 3.79. The zero-order chi connectivity index (χ0) is 16.7. The van der Waals surface area contributed by atoms with Crippen molar-refractivity contribution in [3.8, 4) is 6.01 Å². The van der Waals surface area contributed by atoms with Crippen LogP contribution in [0.2, 0.25) is 0 Å². The Morgan fingerprint density at radius 1 is 1.17 bits per heavy atom. The zero-order valence-corrected chi connectivity index (χ0v) is 13.0. The smallest absolute Gasteiger partial charge is 0.316 e. The van der Waals surface area contributed by atoms with E-state index >= 15 is 0 Å². The van der Waals surface area contributed by atoms with Gasteiger partial charge in [0.25, 0.3) is 5.91 Å². The highest BCUT2D eigenvalue weighted by atomic mass is 32.2. The van der Waals surface area contributed by atoms with Gasteiger partial charge in [-0.05, 0) is 30.2 Å². The Kier molecular flexibility index (Phi) is 5.61. The van der Waals surface area contributed by atoms with E-state index < -0.39 is 10.0 Å². The molecule has 0 fully saturated rings. The van der Waals surface area contributed by atoms with Crippen LogP contribution in [0.15, 0.2) is 47.6 Å². The van der Waals surface area contributed by atoms with Crippen molar-refractivity contribution in [2.75, 3.05) is 13.2 Å². The summed E-state index contributed by atoms with van der Waals surface area (Å²) in [5, 5.41) is 7.70.